The van der Waals surface area contributed by atoms with E-state index in [0.29, 0.717) is 0 Å². The predicted molar refractivity (Wildman–Crippen MR) is 87.0 cm³/mol. The fourth-order valence-corrected chi connectivity index (χ4v) is 2.72. The van der Waals surface area contributed by atoms with Crippen molar-refractivity contribution in [2.24, 2.45) is 0 Å². The molecule has 19 heavy (non-hydrogen) atoms. The maximum absolute atomic E-state index is 4.62. The number of anilines is 1. The molecule has 1 N–H and O–H groups in total. The average Bonchev–Trinajstić information content (AvgIpc) is 2.46. The zero-order valence-electron chi connectivity index (χ0n) is 12.5. The Morgan fingerprint density at radius 2 is 2.00 bits per heavy atom. The molecule has 0 saturated heterocycles. The van der Waals surface area contributed by atoms with Crippen LogP contribution in [0.3, 0.4) is 0 Å². The molecule has 0 aliphatic heterocycles. The van der Waals surface area contributed by atoms with Gasteiger partial charge in [-0.3, -0.25) is 0 Å². The molecule has 1 heterocycles. The van der Waals surface area contributed by atoms with E-state index in [-0.39, 0.29) is 0 Å². The van der Waals surface area contributed by atoms with E-state index in [9.17, 15) is 0 Å². The highest BCUT2D eigenvalue weighted by Crippen LogP contribution is 2.13. The summed E-state index contributed by atoms with van der Waals surface area (Å²) in [6.07, 6.45) is 1.13. The van der Waals surface area contributed by atoms with E-state index in [1.54, 1.807) is 0 Å². The van der Waals surface area contributed by atoms with Gasteiger partial charge >= 0.3 is 0 Å². The molecule has 1 aromatic heterocycles. The summed E-state index contributed by atoms with van der Waals surface area (Å²) in [6, 6.07) is 6.24. The van der Waals surface area contributed by atoms with Crippen LogP contribution in [0.2, 0.25) is 0 Å². The second kappa shape index (κ2) is 10.1. The summed E-state index contributed by atoms with van der Waals surface area (Å²) >= 11 is 1.97. The third-order valence-electron chi connectivity index (χ3n) is 3.06. The number of hydrogen-bond acceptors (Lipinski definition) is 4. The summed E-state index contributed by atoms with van der Waals surface area (Å²) in [6.45, 7) is 11.1. The molecule has 108 valence electrons. The van der Waals surface area contributed by atoms with Gasteiger partial charge in [0.15, 0.2) is 0 Å². The molecule has 0 unspecified atom stereocenters. The molecule has 0 radical (unpaired) electrons. The largest absolute Gasteiger partial charge is 0.370 e. The zero-order valence-corrected chi connectivity index (χ0v) is 13.3. The van der Waals surface area contributed by atoms with Gasteiger partial charge in [0.1, 0.15) is 5.82 Å². The molecule has 0 saturated carbocycles. The topological polar surface area (TPSA) is 28.2 Å². The Hall–Kier alpha value is -0.740. The molecule has 0 amide bonds. The van der Waals surface area contributed by atoms with Crippen molar-refractivity contribution in [2.75, 3.05) is 37.2 Å². The van der Waals surface area contributed by atoms with Crippen LogP contribution in [0.5, 0.6) is 0 Å². The second-order valence-electron chi connectivity index (χ2n) is 4.52. The lowest BCUT2D eigenvalue weighted by molar-refractivity contribution is 0.324. The van der Waals surface area contributed by atoms with Gasteiger partial charge in [-0.25, -0.2) is 4.98 Å². The summed E-state index contributed by atoms with van der Waals surface area (Å²) in [5.41, 5.74) is 1.17. The molecule has 1 rings (SSSR count). The maximum atomic E-state index is 4.62. The first-order valence-corrected chi connectivity index (χ1v) is 8.45. The first kappa shape index (κ1) is 16.3. The van der Waals surface area contributed by atoms with E-state index in [1.807, 2.05) is 17.8 Å². The minimum absolute atomic E-state index is 0.992. The maximum Gasteiger partial charge on any atom is 0.126 e. The third-order valence-corrected chi connectivity index (χ3v) is 4.03. The van der Waals surface area contributed by atoms with Gasteiger partial charge in [-0.05, 0) is 31.6 Å². The van der Waals surface area contributed by atoms with E-state index < -0.39 is 0 Å². The number of nitrogens with one attached hydrogen (secondary N) is 1. The van der Waals surface area contributed by atoms with Crippen LogP contribution < -0.4 is 5.32 Å². The van der Waals surface area contributed by atoms with Crippen molar-refractivity contribution in [3.63, 3.8) is 0 Å². The Labute approximate surface area is 122 Å². The van der Waals surface area contributed by atoms with Crippen molar-refractivity contribution in [1.29, 1.82) is 0 Å². The Morgan fingerprint density at radius 3 is 2.68 bits per heavy atom. The minimum Gasteiger partial charge on any atom is -0.370 e. The van der Waals surface area contributed by atoms with Crippen LogP contribution in [0, 0.1) is 0 Å². The summed E-state index contributed by atoms with van der Waals surface area (Å²) in [4.78, 5) is 7.08. The van der Waals surface area contributed by atoms with Crippen LogP contribution in [0.4, 0.5) is 5.82 Å². The van der Waals surface area contributed by atoms with Crippen molar-refractivity contribution in [3.8, 4) is 0 Å². The molecule has 3 nitrogen and oxygen atoms in total. The summed E-state index contributed by atoms with van der Waals surface area (Å²) in [5, 5.41) is 3.33. The lowest BCUT2D eigenvalue weighted by Gasteiger charge is -2.17. The van der Waals surface area contributed by atoms with E-state index in [0.717, 1.165) is 37.6 Å². The number of pyridine rings is 1. The van der Waals surface area contributed by atoms with E-state index in [1.165, 1.54) is 18.0 Å². The molecule has 0 aliphatic rings. The average molecular weight is 281 g/mol. The smallest absolute Gasteiger partial charge is 0.126 e. The molecule has 0 aromatic carbocycles. The van der Waals surface area contributed by atoms with Crippen molar-refractivity contribution >= 4 is 17.6 Å². The number of rotatable bonds is 10. The first-order valence-electron chi connectivity index (χ1n) is 7.30. The summed E-state index contributed by atoms with van der Waals surface area (Å²) < 4.78 is 0. The number of thioether (sulfide) groups is 1. The Balaban J connectivity index is 2.28. The summed E-state index contributed by atoms with van der Waals surface area (Å²) in [5.74, 6) is 3.18. The van der Waals surface area contributed by atoms with Crippen molar-refractivity contribution in [3.05, 3.63) is 23.9 Å². The fraction of sp³-hybridized carbons (Fsp3) is 0.667. The second-order valence-corrected chi connectivity index (χ2v) is 5.63. The highest BCUT2D eigenvalue weighted by atomic mass is 32.2. The standard InChI is InChI=1S/C15H27N3S/c1-4-10-16-15-9-7-8-14(17-15)13-19-12-11-18(5-2)6-3/h7-9H,4-6,10-13H2,1-3H3,(H,16,17). The van der Waals surface area contributed by atoms with E-state index in [2.05, 4.69) is 48.1 Å². The Morgan fingerprint density at radius 1 is 1.21 bits per heavy atom. The van der Waals surface area contributed by atoms with Gasteiger partial charge in [-0.1, -0.05) is 26.8 Å². The number of nitrogens with zero attached hydrogens (tertiary/aromatic N) is 2. The normalized spacial score (nSPS) is 10.9. The van der Waals surface area contributed by atoms with Crippen LogP contribution >= 0.6 is 11.8 Å². The van der Waals surface area contributed by atoms with Crippen molar-refractivity contribution < 1.29 is 0 Å². The molecular weight excluding hydrogens is 254 g/mol. The van der Waals surface area contributed by atoms with Gasteiger partial charge in [0.25, 0.3) is 0 Å². The van der Waals surface area contributed by atoms with Crippen LogP contribution in [-0.4, -0.2) is 41.8 Å². The summed E-state index contributed by atoms with van der Waals surface area (Å²) in [7, 11) is 0. The predicted octanol–water partition coefficient (Wildman–Crippen LogP) is 3.48. The van der Waals surface area contributed by atoms with Crippen molar-refractivity contribution in [2.45, 2.75) is 32.9 Å². The highest BCUT2D eigenvalue weighted by molar-refractivity contribution is 7.98. The van der Waals surface area contributed by atoms with E-state index in [4.69, 9.17) is 0 Å². The van der Waals surface area contributed by atoms with Gasteiger partial charge in [-0.2, -0.15) is 11.8 Å². The number of aromatic nitrogens is 1. The van der Waals surface area contributed by atoms with Gasteiger partial charge < -0.3 is 10.2 Å². The molecule has 1 aromatic rings. The Bertz CT molecular complexity index is 340. The SMILES string of the molecule is CCCNc1cccc(CSCCN(CC)CC)n1. The van der Waals surface area contributed by atoms with Crippen LogP contribution in [-0.2, 0) is 5.75 Å². The quantitative estimate of drug-likeness (QED) is 0.665. The zero-order chi connectivity index (χ0) is 13.9. The van der Waals surface area contributed by atoms with Gasteiger partial charge in [0.2, 0.25) is 0 Å². The van der Waals surface area contributed by atoms with Crippen molar-refractivity contribution in [1.82, 2.24) is 9.88 Å². The fourth-order valence-electron chi connectivity index (χ4n) is 1.82. The lowest BCUT2D eigenvalue weighted by atomic mass is 10.3. The van der Waals surface area contributed by atoms with Gasteiger partial charge in [0.05, 0.1) is 5.69 Å². The molecular formula is C15H27N3S. The first-order chi connectivity index (χ1) is 9.30. The molecule has 0 atom stereocenters. The van der Waals surface area contributed by atoms with Gasteiger partial charge in [0, 0.05) is 24.6 Å². The number of hydrogen-bond donors (Lipinski definition) is 1. The molecule has 4 heteroatoms. The lowest BCUT2D eigenvalue weighted by Crippen LogP contribution is -2.25. The molecule has 0 fully saturated rings. The molecule has 0 spiro atoms. The Kier molecular flexibility index (Phi) is 8.67. The molecule has 0 bridgehead atoms. The van der Waals surface area contributed by atoms with E-state index >= 15 is 0 Å². The highest BCUT2D eigenvalue weighted by Gasteiger charge is 2.01. The van der Waals surface area contributed by atoms with Crippen LogP contribution in [0.15, 0.2) is 18.2 Å². The van der Waals surface area contributed by atoms with Gasteiger partial charge in [-0.15, -0.1) is 0 Å². The van der Waals surface area contributed by atoms with Crippen LogP contribution in [0.25, 0.3) is 0 Å². The molecule has 0 aliphatic carbocycles. The van der Waals surface area contributed by atoms with Crippen LogP contribution in [0.1, 0.15) is 32.9 Å². The minimum atomic E-state index is 0.992. The monoisotopic (exact) mass is 281 g/mol. The third kappa shape index (κ3) is 6.83.